The second kappa shape index (κ2) is 8.29. The number of ether oxygens (including phenoxy) is 1. The van der Waals surface area contributed by atoms with Crippen LogP contribution in [0, 0.1) is 20.8 Å². The van der Waals surface area contributed by atoms with Gasteiger partial charge in [0.1, 0.15) is 34.6 Å². The first kappa shape index (κ1) is 23.2. The Morgan fingerprint density at radius 2 is 1.89 bits per heavy atom. The van der Waals surface area contributed by atoms with Crippen LogP contribution in [0.25, 0.3) is 33.1 Å². The van der Waals surface area contributed by atoms with Crippen molar-refractivity contribution in [2.75, 3.05) is 32.1 Å². The maximum Gasteiger partial charge on any atom is 0.147 e. The summed E-state index contributed by atoms with van der Waals surface area (Å²) in [7, 11) is 5.85. The van der Waals surface area contributed by atoms with E-state index in [2.05, 4.69) is 56.9 Å². The quantitative estimate of drug-likeness (QED) is 0.350. The number of nitrogens with zero attached hydrogens (tertiary/aromatic N) is 7. The van der Waals surface area contributed by atoms with E-state index in [0.29, 0.717) is 12.0 Å². The highest BCUT2D eigenvalue weighted by atomic mass is 16.5. The van der Waals surface area contributed by atoms with Gasteiger partial charge in [-0.15, -0.1) is 0 Å². The molecule has 1 aliphatic carbocycles. The third-order valence-corrected chi connectivity index (χ3v) is 8.05. The fraction of sp³-hybridized carbons (Fsp3) is 0.429. The summed E-state index contributed by atoms with van der Waals surface area (Å²) in [4.78, 5) is 12.1. The van der Waals surface area contributed by atoms with Crippen LogP contribution in [-0.4, -0.2) is 56.7 Å². The Bertz CT molecular complexity index is 1700. The number of hydrogen-bond acceptors (Lipinski definition) is 8. The number of aromatic nitrogens is 6. The van der Waals surface area contributed by atoms with Crippen LogP contribution in [0.5, 0.6) is 5.75 Å². The SMILES string of the molecule is COc1cc2c3c(N(C)c4cc(C5CC5)nn4C4CNC4)nc(C)nc3n(C)c2cc1-c1c(C)noc1C. The smallest absolute Gasteiger partial charge is 0.147 e. The Hall–Kier alpha value is -3.92. The normalized spacial score (nSPS) is 15.9. The second-order valence-corrected chi connectivity index (χ2v) is 10.6. The van der Waals surface area contributed by atoms with Crippen molar-refractivity contribution in [3.63, 3.8) is 0 Å². The minimum absolute atomic E-state index is 0.351. The summed E-state index contributed by atoms with van der Waals surface area (Å²) < 4.78 is 15.7. The highest BCUT2D eigenvalue weighted by Crippen LogP contribution is 2.45. The van der Waals surface area contributed by atoms with Crippen molar-refractivity contribution in [2.45, 2.75) is 45.6 Å². The van der Waals surface area contributed by atoms with E-state index >= 15 is 0 Å². The number of rotatable bonds is 6. The molecule has 1 aromatic carbocycles. The van der Waals surface area contributed by atoms with Crippen molar-refractivity contribution in [3.05, 3.63) is 41.2 Å². The fourth-order valence-corrected chi connectivity index (χ4v) is 5.72. The Labute approximate surface area is 220 Å². The molecule has 10 nitrogen and oxygen atoms in total. The number of aryl methyl sites for hydroxylation is 4. The zero-order valence-electron chi connectivity index (χ0n) is 22.7. The second-order valence-electron chi connectivity index (χ2n) is 10.6. The Morgan fingerprint density at radius 3 is 2.53 bits per heavy atom. The van der Waals surface area contributed by atoms with Crippen LogP contribution >= 0.6 is 0 Å². The average Bonchev–Trinajstić information content (AvgIpc) is 3.48. The molecule has 2 aliphatic rings. The summed E-state index contributed by atoms with van der Waals surface area (Å²) in [5.41, 5.74) is 5.85. The summed E-state index contributed by atoms with van der Waals surface area (Å²) in [5, 5.41) is 14.6. The number of anilines is 2. The van der Waals surface area contributed by atoms with Gasteiger partial charge in [-0.1, -0.05) is 5.16 Å². The number of fused-ring (bicyclic) bond motifs is 3. The molecule has 0 atom stereocenters. The zero-order chi connectivity index (χ0) is 26.3. The van der Waals surface area contributed by atoms with E-state index in [4.69, 9.17) is 24.3 Å². The van der Waals surface area contributed by atoms with Crippen LogP contribution in [0.1, 0.15) is 47.8 Å². The van der Waals surface area contributed by atoms with Gasteiger partial charge in [-0.05, 0) is 45.7 Å². The molecule has 10 heteroatoms. The van der Waals surface area contributed by atoms with Crippen LogP contribution in [0.15, 0.2) is 22.7 Å². The van der Waals surface area contributed by atoms with Gasteiger partial charge in [0.05, 0.1) is 41.0 Å². The monoisotopic (exact) mass is 512 g/mol. The maximum absolute atomic E-state index is 5.91. The van der Waals surface area contributed by atoms with Gasteiger partial charge in [0, 0.05) is 50.1 Å². The van der Waals surface area contributed by atoms with Gasteiger partial charge >= 0.3 is 0 Å². The van der Waals surface area contributed by atoms with Crippen molar-refractivity contribution in [3.8, 4) is 16.9 Å². The third-order valence-electron chi connectivity index (χ3n) is 8.05. The summed E-state index contributed by atoms with van der Waals surface area (Å²) in [6, 6.07) is 6.85. The van der Waals surface area contributed by atoms with Crippen molar-refractivity contribution < 1.29 is 9.26 Å². The molecule has 0 amide bonds. The molecule has 5 aromatic rings. The minimum atomic E-state index is 0.351. The van der Waals surface area contributed by atoms with Gasteiger partial charge in [0.2, 0.25) is 0 Å². The van der Waals surface area contributed by atoms with Gasteiger partial charge < -0.3 is 24.0 Å². The molecule has 0 radical (unpaired) electrons. The van der Waals surface area contributed by atoms with Crippen molar-refractivity contribution in [1.82, 2.24) is 34.8 Å². The molecule has 1 saturated heterocycles. The minimum Gasteiger partial charge on any atom is -0.496 e. The number of methoxy groups -OCH3 is 1. The van der Waals surface area contributed by atoms with E-state index in [1.807, 2.05) is 20.8 Å². The fourth-order valence-electron chi connectivity index (χ4n) is 5.72. The van der Waals surface area contributed by atoms with E-state index in [1.54, 1.807) is 7.11 Å². The number of benzene rings is 1. The summed E-state index contributed by atoms with van der Waals surface area (Å²) in [6.45, 7) is 7.70. The van der Waals surface area contributed by atoms with Crippen LogP contribution in [0.3, 0.4) is 0 Å². The highest BCUT2D eigenvalue weighted by molar-refractivity contribution is 6.14. The average molecular weight is 513 g/mol. The molecule has 7 rings (SSSR count). The third kappa shape index (κ3) is 3.36. The lowest BCUT2D eigenvalue weighted by atomic mass is 10.0. The first-order chi connectivity index (χ1) is 18.4. The highest BCUT2D eigenvalue weighted by Gasteiger charge is 2.32. The summed E-state index contributed by atoms with van der Waals surface area (Å²) in [5.74, 6) is 4.75. The van der Waals surface area contributed by atoms with Crippen molar-refractivity contribution >= 4 is 33.6 Å². The predicted octanol–water partition coefficient (Wildman–Crippen LogP) is 4.70. The molecular formula is C28H32N8O2. The molecule has 1 aliphatic heterocycles. The standard InChI is InChI=1S/C28H32N8O2/c1-14-25(15(2)38-33-14)20-9-22-19(10-23(20)37-6)26-27(34(22)4)30-16(3)31-28(26)35(5)24-11-21(17-7-8-17)32-36(24)18-12-29-13-18/h9-11,17-18,29H,7-8,12-13H2,1-6H3. The molecule has 0 bridgehead atoms. The van der Waals surface area contributed by atoms with Crippen LogP contribution < -0.4 is 15.0 Å². The largest absolute Gasteiger partial charge is 0.496 e. The molecule has 0 spiro atoms. The molecule has 0 unspecified atom stereocenters. The number of nitrogens with one attached hydrogen (secondary N) is 1. The predicted molar refractivity (Wildman–Crippen MR) is 146 cm³/mol. The first-order valence-electron chi connectivity index (χ1n) is 13.2. The van der Waals surface area contributed by atoms with E-state index < -0.39 is 0 Å². The zero-order valence-corrected chi connectivity index (χ0v) is 22.7. The lowest BCUT2D eigenvalue weighted by Gasteiger charge is -2.31. The summed E-state index contributed by atoms with van der Waals surface area (Å²) in [6.07, 6.45) is 2.44. The Balaban J connectivity index is 1.46. The molecular weight excluding hydrogens is 480 g/mol. The Kier molecular flexibility index (Phi) is 5.07. The maximum atomic E-state index is 5.91. The van der Waals surface area contributed by atoms with Gasteiger partial charge in [-0.2, -0.15) is 5.10 Å². The topological polar surface area (TPSA) is 99.1 Å². The van der Waals surface area contributed by atoms with Gasteiger partial charge in [0.15, 0.2) is 0 Å². The lowest BCUT2D eigenvalue weighted by Crippen LogP contribution is -2.44. The molecule has 5 heterocycles. The van der Waals surface area contributed by atoms with Gasteiger partial charge in [-0.25, -0.2) is 14.6 Å². The van der Waals surface area contributed by atoms with E-state index in [0.717, 1.165) is 80.8 Å². The molecule has 38 heavy (non-hydrogen) atoms. The lowest BCUT2D eigenvalue weighted by molar-refractivity contribution is 0.319. The van der Waals surface area contributed by atoms with Crippen LogP contribution in [0.2, 0.25) is 0 Å². The van der Waals surface area contributed by atoms with E-state index in [-0.39, 0.29) is 0 Å². The molecule has 4 aromatic heterocycles. The van der Waals surface area contributed by atoms with E-state index in [1.165, 1.54) is 18.5 Å². The molecule has 196 valence electrons. The van der Waals surface area contributed by atoms with Crippen LogP contribution in [0.4, 0.5) is 11.6 Å². The van der Waals surface area contributed by atoms with Crippen molar-refractivity contribution in [2.24, 2.45) is 7.05 Å². The van der Waals surface area contributed by atoms with Crippen molar-refractivity contribution in [1.29, 1.82) is 0 Å². The summed E-state index contributed by atoms with van der Waals surface area (Å²) >= 11 is 0. The van der Waals surface area contributed by atoms with E-state index in [9.17, 15) is 0 Å². The van der Waals surface area contributed by atoms with Gasteiger partial charge in [0.25, 0.3) is 0 Å². The molecule has 1 N–H and O–H groups in total. The van der Waals surface area contributed by atoms with Crippen LogP contribution in [-0.2, 0) is 7.05 Å². The Morgan fingerprint density at radius 1 is 1.11 bits per heavy atom. The molecule has 1 saturated carbocycles. The first-order valence-corrected chi connectivity index (χ1v) is 13.2. The molecule has 2 fully saturated rings. The van der Waals surface area contributed by atoms with Gasteiger partial charge in [-0.3, -0.25) is 0 Å². The number of hydrogen-bond donors (Lipinski definition) is 1.